The average molecular weight is 291 g/mol. The number of carboxylic acids is 1. The van der Waals surface area contributed by atoms with Gasteiger partial charge in [-0.05, 0) is 25.7 Å². The number of allylic oxidation sites excluding steroid dienone is 2. The Hall–Kier alpha value is -0.310. The summed E-state index contributed by atoms with van der Waals surface area (Å²) >= 11 is 3.38. The zero-order valence-electron chi connectivity index (χ0n) is 9.96. The van der Waals surface area contributed by atoms with E-state index < -0.39 is 5.97 Å². The molecule has 16 heavy (non-hydrogen) atoms. The number of carboxylic acid groups (broad SMARTS) is 1. The van der Waals surface area contributed by atoms with E-state index in [0.717, 1.165) is 24.6 Å². The Balaban J connectivity index is 3.01. The molecule has 0 aliphatic heterocycles. The molecule has 0 unspecified atom stereocenters. The van der Waals surface area contributed by atoms with Crippen LogP contribution in [0.3, 0.4) is 0 Å². The fraction of sp³-hybridized carbons (Fsp3) is 0.769. The van der Waals surface area contributed by atoms with Crippen LogP contribution < -0.4 is 0 Å². The topological polar surface area (TPSA) is 37.3 Å². The molecule has 0 fully saturated rings. The predicted molar refractivity (Wildman–Crippen MR) is 72.1 cm³/mol. The third-order valence-electron chi connectivity index (χ3n) is 2.45. The van der Waals surface area contributed by atoms with E-state index in [0.29, 0.717) is 6.42 Å². The lowest BCUT2D eigenvalue weighted by Crippen LogP contribution is -1.93. The SMILES string of the molecule is O=C(O)CCCCCCCC/C=C\CCBr. The molecule has 0 heterocycles. The monoisotopic (exact) mass is 290 g/mol. The zero-order valence-corrected chi connectivity index (χ0v) is 11.5. The van der Waals surface area contributed by atoms with Crippen molar-refractivity contribution < 1.29 is 9.90 Å². The first-order valence-corrected chi connectivity index (χ1v) is 7.32. The van der Waals surface area contributed by atoms with Crippen molar-refractivity contribution in [1.29, 1.82) is 0 Å². The highest BCUT2D eigenvalue weighted by atomic mass is 79.9. The Kier molecular flexibility index (Phi) is 12.5. The summed E-state index contributed by atoms with van der Waals surface area (Å²) in [4.78, 5) is 10.2. The first-order chi connectivity index (χ1) is 7.77. The van der Waals surface area contributed by atoms with E-state index in [1.165, 1.54) is 32.1 Å². The standard InChI is InChI=1S/C13H23BrO2/c14-12-10-8-6-4-2-1-3-5-7-9-11-13(15)16/h6,8H,1-5,7,9-12H2,(H,15,16)/b8-6-. The average Bonchev–Trinajstić information content (AvgIpc) is 2.25. The van der Waals surface area contributed by atoms with E-state index in [4.69, 9.17) is 5.11 Å². The molecule has 0 aromatic heterocycles. The summed E-state index contributed by atoms with van der Waals surface area (Å²) in [7, 11) is 0. The summed E-state index contributed by atoms with van der Waals surface area (Å²) in [5, 5.41) is 9.49. The molecule has 0 amide bonds. The summed E-state index contributed by atoms with van der Waals surface area (Å²) in [5.41, 5.74) is 0. The van der Waals surface area contributed by atoms with Crippen LogP contribution in [0.25, 0.3) is 0 Å². The minimum atomic E-state index is -0.670. The molecule has 1 N–H and O–H groups in total. The summed E-state index contributed by atoms with van der Waals surface area (Å²) in [6, 6.07) is 0. The van der Waals surface area contributed by atoms with Crippen LogP contribution in [-0.4, -0.2) is 16.4 Å². The van der Waals surface area contributed by atoms with Crippen molar-refractivity contribution in [3.05, 3.63) is 12.2 Å². The number of carbonyl (C=O) groups is 1. The maximum Gasteiger partial charge on any atom is 0.303 e. The van der Waals surface area contributed by atoms with Crippen molar-refractivity contribution in [2.75, 3.05) is 5.33 Å². The van der Waals surface area contributed by atoms with Gasteiger partial charge in [0, 0.05) is 11.8 Å². The van der Waals surface area contributed by atoms with Gasteiger partial charge < -0.3 is 5.11 Å². The lowest BCUT2D eigenvalue weighted by Gasteiger charge is -1.99. The highest BCUT2D eigenvalue weighted by Gasteiger charge is 1.95. The Morgan fingerprint density at radius 1 is 0.938 bits per heavy atom. The highest BCUT2D eigenvalue weighted by Crippen LogP contribution is 2.09. The summed E-state index contributed by atoms with van der Waals surface area (Å²) in [6.45, 7) is 0. The van der Waals surface area contributed by atoms with Crippen LogP contribution in [0, 0.1) is 0 Å². The minimum absolute atomic E-state index is 0.329. The first kappa shape index (κ1) is 15.7. The third kappa shape index (κ3) is 13.7. The van der Waals surface area contributed by atoms with Crippen molar-refractivity contribution in [3.63, 3.8) is 0 Å². The summed E-state index contributed by atoms with van der Waals surface area (Å²) in [5.74, 6) is -0.670. The van der Waals surface area contributed by atoms with E-state index in [1.807, 2.05) is 0 Å². The van der Waals surface area contributed by atoms with Crippen LogP contribution in [0.5, 0.6) is 0 Å². The second-order valence-corrected chi connectivity index (χ2v) is 4.80. The van der Waals surface area contributed by atoms with Gasteiger partial charge >= 0.3 is 5.97 Å². The molecule has 0 aromatic rings. The van der Waals surface area contributed by atoms with Crippen LogP contribution in [0.2, 0.25) is 0 Å². The number of hydrogen-bond acceptors (Lipinski definition) is 1. The molecule has 0 saturated heterocycles. The second kappa shape index (κ2) is 12.8. The van der Waals surface area contributed by atoms with E-state index in [9.17, 15) is 4.79 Å². The number of alkyl halides is 1. The van der Waals surface area contributed by atoms with Gasteiger partial charge in [-0.3, -0.25) is 4.79 Å². The second-order valence-electron chi connectivity index (χ2n) is 4.00. The fourth-order valence-electron chi connectivity index (χ4n) is 1.54. The summed E-state index contributed by atoms with van der Waals surface area (Å²) in [6.07, 6.45) is 14.0. The van der Waals surface area contributed by atoms with Gasteiger partial charge in [0.2, 0.25) is 0 Å². The van der Waals surface area contributed by atoms with Crippen molar-refractivity contribution in [3.8, 4) is 0 Å². The lowest BCUT2D eigenvalue weighted by atomic mass is 10.1. The Bertz CT molecular complexity index is 190. The molecule has 2 nitrogen and oxygen atoms in total. The number of unbranched alkanes of at least 4 members (excludes halogenated alkanes) is 6. The number of aliphatic carboxylic acids is 1. The number of halogens is 1. The van der Waals surface area contributed by atoms with Gasteiger partial charge in [0.25, 0.3) is 0 Å². The molecule has 0 saturated carbocycles. The van der Waals surface area contributed by atoms with E-state index >= 15 is 0 Å². The van der Waals surface area contributed by atoms with Crippen LogP contribution in [0.4, 0.5) is 0 Å². The van der Waals surface area contributed by atoms with Gasteiger partial charge in [0.05, 0.1) is 0 Å². The normalized spacial score (nSPS) is 11.1. The van der Waals surface area contributed by atoms with Crippen LogP contribution in [-0.2, 0) is 4.79 Å². The lowest BCUT2D eigenvalue weighted by molar-refractivity contribution is -0.137. The zero-order chi connectivity index (χ0) is 12.1. The number of hydrogen-bond donors (Lipinski definition) is 1. The molecular formula is C13H23BrO2. The molecule has 0 aliphatic rings. The largest absolute Gasteiger partial charge is 0.481 e. The van der Waals surface area contributed by atoms with Gasteiger partial charge in [-0.25, -0.2) is 0 Å². The van der Waals surface area contributed by atoms with Gasteiger partial charge in [-0.1, -0.05) is 53.8 Å². The van der Waals surface area contributed by atoms with E-state index in [-0.39, 0.29) is 0 Å². The van der Waals surface area contributed by atoms with Gasteiger partial charge in [-0.2, -0.15) is 0 Å². The number of rotatable bonds is 11. The van der Waals surface area contributed by atoms with Crippen LogP contribution in [0.1, 0.15) is 57.8 Å². The van der Waals surface area contributed by atoms with Crippen LogP contribution in [0.15, 0.2) is 12.2 Å². The molecule has 0 atom stereocenters. The summed E-state index contributed by atoms with van der Waals surface area (Å²) < 4.78 is 0. The van der Waals surface area contributed by atoms with Crippen molar-refractivity contribution in [2.24, 2.45) is 0 Å². The molecule has 94 valence electrons. The molecule has 0 spiro atoms. The van der Waals surface area contributed by atoms with E-state index in [2.05, 4.69) is 28.1 Å². The third-order valence-corrected chi connectivity index (χ3v) is 2.91. The fourth-order valence-corrected chi connectivity index (χ4v) is 1.81. The molecule has 0 bridgehead atoms. The molecule has 3 heteroatoms. The Morgan fingerprint density at radius 3 is 2.12 bits per heavy atom. The molecule has 0 aromatic carbocycles. The van der Waals surface area contributed by atoms with Crippen molar-refractivity contribution in [2.45, 2.75) is 57.8 Å². The van der Waals surface area contributed by atoms with Gasteiger partial charge in [-0.15, -0.1) is 0 Å². The molecule has 0 rings (SSSR count). The predicted octanol–water partition coefficient (Wildman–Crippen LogP) is 4.53. The van der Waals surface area contributed by atoms with E-state index in [1.54, 1.807) is 0 Å². The molecule has 0 aliphatic carbocycles. The molecule has 0 radical (unpaired) electrons. The maximum absolute atomic E-state index is 10.2. The quantitative estimate of drug-likeness (QED) is 0.345. The van der Waals surface area contributed by atoms with Gasteiger partial charge in [0.1, 0.15) is 0 Å². The Labute approximate surface area is 107 Å². The highest BCUT2D eigenvalue weighted by molar-refractivity contribution is 9.09. The van der Waals surface area contributed by atoms with Gasteiger partial charge in [0.15, 0.2) is 0 Å². The maximum atomic E-state index is 10.2. The smallest absolute Gasteiger partial charge is 0.303 e. The first-order valence-electron chi connectivity index (χ1n) is 6.20. The van der Waals surface area contributed by atoms with Crippen LogP contribution >= 0.6 is 15.9 Å². The minimum Gasteiger partial charge on any atom is -0.481 e. The van der Waals surface area contributed by atoms with Crippen molar-refractivity contribution in [1.82, 2.24) is 0 Å². The molecular weight excluding hydrogens is 268 g/mol. The Morgan fingerprint density at radius 2 is 1.50 bits per heavy atom. The van der Waals surface area contributed by atoms with Crippen molar-refractivity contribution >= 4 is 21.9 Å².